The van der Waals surface area contributed by atoms with E-state index in [1.807, 2.05) is 25.1 Å². The lowest BCUT2D eigenvalue weighted by atomic mass is 10.0. The molecule has 1 amide bonds. The van der Waals surface area contributed by atoms with Gasteiger partial charge in [-0.25, -0.2) is 0 Å². The van der Waals surface area contributed by atoms with Crippen LogP contribution in [0.3, 0.4) is 0 Å². The largest absolute Gasteiger partial charge is 0.493 e. The van der Waals surface area contributed by atoms with Crippen LogP contribution in [-0.4, -0.2) is 20.1 Å². The van der Waals surface area contributed by atoms with E-state index in [0.717, 1.165) is 16.8 Å². The quantitative estimate of drug-likeness (QED) is 0.913. The predicted molar refractivity (Wildman–Crippen MR) is 92.5 cm³/mol. The molecule has 0 aliphatic carbocycles. The number of carbonyl (C=O) groups is 1. The molecular weight excluding hydrogens is 290 g/mol. The van der Waals surface area contributed by atoms with Gasteiger partial charge < -0.3 is 14.8 Å². The van der Waals surface area contributed by atoms with Gasteiger partial charge in [0.1, 0.15) is 0 Å². The Bertz CT molecular complexity index is 723. The zero-order valence-electron chi connectivity index (χ0n) is 14.3. The lowest BCUT2D eigenvalue weighted by Gasteiger charge is -2.14. The molecule has 4 nitrogen and oxygen atoms in total. The summed E-state index contributed by atoms with van der Waals surface area (Å²) in [6.07, 6.45) is 0.342. The van der Waals surface area contributed by atoms with Crippen molar-refractivity contribution in [2.24, 2.45) is 0 Å². The van der Waals surface area contributed by atoms with Crippen molar-refractivity contribution in [2.45, 2.75) is 27.2 Å². The highest BCUT2D eigenvalue weighted by Crippen LogP contribution is 2.32. The van der Waals surface area contributed by atoms with Gasteiger partial charge in [-0.05, 0) is 49.1 Å². The summed E-state index contributed by atoms with van der Waals surface area (Å²) in [5.74, 6) is 1.19. The van der Waals surface area contributed by atoms with E-state index >= 15 is 0 Å². The second-order valence-corrected chi connectivity index (χ2v) is 5.67. The molecule has 0 bridgehead atoms. The maximum absolute atomic E-state index is 12.3. The van der Waals surface area contributed by atoms with Gasteiger partial charge in [0.2, 0.25) is 5.91 Å². The molecule has 0 saturated heterocycles. The summed E-state index contributed by atoms with van der Waals surface area (Å²) in [6, 6.07) is 9.72. The summed E-state index contributed by atoms with van der Waals surface area (Å²) in [6.45, 7) is 6.04. The van der Waals surface area contributed by atoms with Gasteiger partial charge >= 0.3 is 0 Å². The summed E-state index contributed by atoms with van der Waals surface area (Å²) in [4.78, 5) is 12.3. The van der Waals surface area contributed by atoms with Gasteiger partial charge in [-0.1, -0.05) is 18.2 Å². The molecule has 1 N–H and O–H groups in total. The first-order chi connectivity index (χ1) is 10.9. The molecule has 23 heavy (non-hydrogen) atoms. The Balaban J connectivity index is 2.15. The van der Waals surface area contributed by atoms with E-state index in [4.69, 9.17) is 9.47 Å². The van der Waals surface area contributed by atoms with E-state index in [9.17, 15) is 4.79 Å². The lowest BCUT2D eigenvalue weighted by Crippen LogP contribution is -2.15. The molecule has 0 fully saturated rings. The molecule has 0 unspecified atom stereocenters. The van der Waals surface area contributed by atoms with Crippen molar-refractivity contribution in [1.82, 2.24) is 0 Å². The predicted octanol–water partition coefficient (Wildman–Crippen LogP) is 3.81. The lowest BCUT2D eigenvalue weighted by molar-refractivity contribution is -0.115. The summed E-state index contributed by atoms with van der Waals surface area (Å²) < 4.78 is 10.5. The van der Waals surface area contributed by atoms with Crippen molar-refractivity contribution >= 4 is 11.6 Å². The van der Waals surface area contributed by atoms with Gasteiger partial charge in [0.05, 0.1) is 20.6 Å². The van der Waals surface area contributed by atoms with Gasteiger partial charge in [-0.15, -0.1) is 0 Å². The molecule has 0 atom stereocenters. The number of amides is 1. The van der Waals surface area contributed by atoms with Crippen molar-refractivity contribution < 1.29 is 14.3 Å². The average Bonchev–Trinajstić information content (AvgIpc) is 2.52. The van der Waals surface area contributed by atoms with E-state index in [2.05, 4.69) is 25.2 Å². The van der Waals surface area contributed by atoms with Crippen LogP contribution >= 0.6 is 0 Å². The third-order valence-electron chi connectivity index (χ3n) is 3.94. The molecule has 2 aromatic rings. The van der Waals surface area contributed by atoms with E-state index in [1.165, 1.54) is 11.1 Å². The number of rotatable bonds is 5. The highest BCUT2D eigenvalue weighted by molar-refractivity contribution is 5.93. The van der Waals surface area contributed by atoms with E-state index in [-0.39, 0.29) is 5.91 Å². The Labute approximate surface area is 137 Å². The van der Waals surface area contributed by atoms with Gasteiger partial charge in [-0.3, -0.25) is 4.79 Å². The van der Waals surface area contributed by atoms with Crippen molar-refractivity contribution in [1.29, 1.82) is 0 Å². The summed E-state index contributed by atoms with van der Waals surface area (Å²) in [5, 5.41) is 2.94. The van der Waals surface area contributed by atoms with Crippen LogP contribution in [0.1, 0.15) is 22.3 Å². The molecule has 0 aliphatic rings. The van der Waals surface area contributed by atoms with Gasteiger partial charge in [0.25, 0.3) is 0 Å². The molecule has 0 aliphatic heterocycles. The van der Waals surface area contributed by atoms with E-state index in [1.54, 1.807) is 20.3 Å². The van der Waals surface area contributed by atoms with Crippen LogP contribution in [0.2, 0.25) is 0 Å². The fourth-order valence-corrected chi connectivity index (χ4v) is 2.41. The third-order valence-corrected chi connectivity index (χ3v) is 3.94. The first kappa shape index (κ1) is 16.9. The Hall–Kier alpha value is -2.49. The number of aryl methyl sites for hydroxylation is 3. The number of hydrogen-bond donors (Lipinski definition) is 1. The molecule has 0 heterocycles. The van der Waals surface area contributed by atoms with E-state index in [0.29, 0.717) is 17.9 Å². The highest BCUT2D eigenvalue weighted by atomic mass is 16.5. The number of benzene rings is 2. The molecule has 0 saturated carbocycles. The first-order valence-corrected chi connectivity index (χ1v) is 7.53. The number of anilines is 1. The van der Waals surface area contributed by atoms with Crippen LogP contribution < -0.4 is 14.8 Å². The monoisotopic (exact) mass is 313 g/mol. The van der Waals surface area contributed by atoms with Gasteiger partial charge in [0, 0.05) is 11.8 Å². The van der Waals surface area contributed by atoms with Crippen LogP contribution in [0, 0.1) is 20.8 Å². The zero-order chi connectivity index (χ0) is 17.0. The Morgan fingerprint density at radius 3 is 2.17 bits per heavy atom. The van der Waals surface area contributed by atoms with E-state index < -0.39 is 0 Å². The smallest absolute Gasteiger partial charge is 0.228 e. The highest BCUT2D eigenvalue weighted by Gasteiger charge is 2.11. The molecule has 0 aromatic heterocycles. The summed E-state index contributed by atoms with van der Waals surface area (Å²) in [7, 11) is 3.17. The van der Waals surface area contributed by atoms with Crippen LogP contribution in [0.4, 0.5) is 5.69 Å². The molecule has 2 rings (SSSR count). The average molecular weight is 313 g/mol. The third kappa shape index (κ3) is 4.03. The summed E-state index contributed by atoms with van der Waals surface area (Å²) in [5.41, 5.74) is 5.08. The maximum Gasteiger partial charge on any atom is 0.228 e. The first-order valence-electron chi connectivity index (χ1n) is 7.53. The Morgan fingerprint density at radius 1 is 0.913 bits per heavy atom. The maximum atomic E-state index is 12.3. The minimum Gasteiger partial charge on any atom is -0.493 e. The van der Waals surface area contributed by atoms with Crippen molar-refractivity contribution in [3.63, 3.8) is 0 Å². The molecular formula is C19H23NO3. The Kier molecular flexibility index (Phi) is 5.27. The number of nitrogens with one attached hydrogen (secondary N) is 1. The second kappa shape index (κ2) is 7.18. The molecule has 0 radical (unpaired) electrons. The standard InChI is InChI=1S/C19H23NO3/c1-12-6-7-15(8-13(12)2)10-19(21)20-16-11-18(23-5)17(22-4)9-14(16)3/h6-9,11H,10H2,1-5H3,(H,20,21). The number of carbonyl (C=O) groups excluding carboxylic acids is 1. The normalized spacial score (nSPS) is 10.3. The van der Waals surface area contributed by atoms with Gasteiger partial charge in [-0.2, -0.15) is 0 Å². The molecule has 122 valence electrons. The number of hydrogen-bond acceptors (Lipinski definition) is 3. The molecule has 4 heteroatoms. The fraction of sp³-hybridized carbons (Fsp3) is 0.316. The minimum atomic E-state index is -0.0522. The number of methoxy groups -OCH3 is 2. The van der Waals surface area contributed by atoms with Crippen LogP contribution in [-0.2, 0) is 11.2 Å². The second-order valence-electron chi connectivity index (χ2n) is 5.67. The number of ether oxygens (including phenoxy) is 2. The molecule has 0 spiro atoms. The zero-order valence-corrected chi connectivity index (χ0v) is 14.3. The SMILES string of the molecule is COc1cc(C)c(NC(=O)Cc2ccc(C)c(C)c2)cc1OC. The van der Waals surface area contributed by atoms with Crippen molar-refractivity contribution in [2.75, 3.05) is 19.5 Å². The topological polar surface area (TPSA) is 47.6 Å². The van der Waals surface area contributed by atoms with Crippen molar-refractivity contribution in [3.05, 3.63) is 52.6 Å². The van der Waals surface area contributed by atoms with Crippen LogP contribution in [0.15, 0.2) is 30.3 Å². The van der Waals surface area contributed by atoms with Crippen LogP contribution in [0.25, 0.3) is 0 Å². The minimum absolute atomic E-state index is 0.0522. The molecule has 2 aromatic carbocycles. The Morgan fingerprint density at radius 2 is 1.57 bits per heavy atom. The fourth-order valence-electron chi connectivity index (χ4n) is 2.41. The van der Waals surface area contributed by atoms with Crippen LogP contribution in [0.5, 0.6) is 11.5 Å². The van der Waals surface area contributed by atoms with Gasteiger partial charge in [0.15, 0.2) is 11.5 Å². The summed E-state index contributed by atoms with van der Waals surface area (Å²) >= 11 is 0. The van der Waals surface area contributed by atoms with Crippen molar-refractivity contribution in [3.8, 4) is 11.5 Å².